The zero-order valence-corrected chi connectivity index (χ0v) is 12.6. The van der Waals surface area contributed by atoms with Crippen LogP contribution in [0.2, 0.25) is 0 Å². The highest BCUT2D eigenvalue weighted by molar-refractivity contribution is 9.10. The second-order valence-corrected chi connectivity index (χ2v) is 5.37. The Balaban J connectivity index is 2.47. The molecule has 1 heterocycles. The van der Waals surface area contributed by atoms with Gasteiger partial charge in [0, 0.05) is 22.4 Å². The molecule has 2 nitrogen and oxygen atoms in total. The molecule has 1 atom stereocenters. The van der Waals surface area contributed by atoms with Gasteiger partial charge in [-0.2, -0.15) is 0 Å². The molecule has 0 aliphatic rings. The molecule has 0 aliphatic carbocycles. The van der Waals surface area contributed by atoms with Gasteiger partial charge in [0.1, 0.15) is 11.6 Å². The third kappa shape index (κ3) is 3.41. The Bertz CT molecular complexity index is 570. The summed E-state index contributed by atoms with van der Waals surface area (Å²) in [6.07, 6.45) is 4.12. The first-order valence-electron chi connectivity index (χ1n) is 6.41. The Morgan fingerprint density at radius 2 is 1.95 bits per heavy atom. The summed E-state index contributed by atoms with van der Waals surface area (Å²) < 4.78 is 28.8. The zero-order valence-electron chi connectivity index (χ0n) is 11.0. The Kier molecular flexibility index (Phi) is 5.20. The summed E-state index contributed by atoms with van der Waals surface area (Å²) in [5.41, 5.74) is 0.748. The molecule has 0 radical (unpaired) electrons. The van der Waals surface area contributed by atoms with Gasteiger partial charge in [-0.3, -0.25) is 4.98 Å². The lowest BCUT2D eigenvalue weighted by molar-refractivity contribution is 0.502. The van der Waals surface area contributed by atoms with Crippen LogP contribution in [-0.4, -0.2) is 11.5 Å². The number of nitrogens with one attached hydrogen (secondary N) is 1. The number of nitrogens with zero attached hydrogens (tertiary/aromatic N) is 1. The molecule has 0 saturated heterocycles. The molecule has 20 heavy (non-hydrogen) atoms. The van der Waals surface area contributed by atoms with Gasteiger partial charge in [0.25, 0.3) is 0 Å². The lowest BCUT2D eigenvalue weighted by atomic mass is 9.99. The monoisotopic (exact) mass is 340 g/mol. The number of halogens is 3. The molecule has 1 aromatic heterocycles. The molecule has 1 unspecified atom stereocenters. The Hall–Kier alpha value is -1.33. The minimum Gasteiger partial charge on any atom is -0.306 e. The van der Waals surface area contributed by atoms with E-state index >= 15 is 0 Å². The summed E-state index contributed by atoms with van der Waals surface area (Å²) in [5, 5.41) is 3.17. The van der Waals surface area contributed by atoms with Gasteiger partial charge in [0.2, 0.25) is 0 Å². The Morgan fingerprint density at radius 1 is 1.25 bits per heavy atom. The van der Waals surface area contributed by atoms with Crippen molar-refractivity contribution in [3.05, 3.63) is 63.9 Å². The lowest BCUT2D eigenvalue weighted by Gasteiger charge is -2.20. The van der Waals surface area contributed by atoms with Crippen molar-refractivity contribution in [1.82, 2.24) is 10.3 Å². The number of aromatic nitrogens is 1. The minimum atomic E-state index is -0.557. The molecule has 0 spiro atoms. The number of pyridine rings is 1. The molecule has 1 aromatic carbocycles. The molecule has 0 amide bonds. The number of benzene rings is 1. The van der Waals surface area contributed by atoms with Crippen LogP contribution in [0.25, 0.3) is 0 Å². The van der Waals surface area contributed by atoms with Crippen molar-refractivity contribution in [3.63, 3.8) is 0 Å². The molecule has 106 valence electrons. The van der Waals surface area contributed by atoms with E-state index in [2.05, 4.69) is 26.2 Å². The fourth-order valence-corrected chi connectivity index (χ4v) is 2.43. The van der Waals surface area contributed by atoms with Crippen molar-refractivity contribution >= 4 is 15.9 Å². The minimum absolute atomic E-state index is 0.0286. The van der Waals surface area contributed by atoms with Gasteiger partial charge in [-0.15, -0.1) is 0 Å². The maximum Gasteiger partial charge on any atom is 0.131 e. The average Bonchev–Trinajstić information content (AvgIpc) is 2.42. The van der Waals surface area contributed by atoms with Crippen LogP contribution in [0.5, 0.6) is 0 Å². The second kappa shape index (κ2) is 6.90. The van der Waals surface area contributed by atoms with E-state index in [4.69, 9.17) is 0 Å². The van der Waals surface area contributed by atoms with Gasteiger partial charge in [-0.25, -0.2) is 8.78 Å². The summed E-state index contributed by atoms with van der Waals surface area (Å²) in [4.78, 5) is 4.07. The van der Waals surface area contributed by atoms with Gasteiger partial charge in [-0.1, -0.05) is 13.0 Å². The van der Waals surface area contributed by atoms with Gasteiger partial charge in [0.15, 0.2) is 0 Å². The summed E-state index contributed by atoms with van der Waals surface area (Å²) in [6, 6.07) is 5.16. The summed E-state index contributed by atoms with van der Waals surface area (Å²) in [7, 11) is 0. The van der Waals surface area contributed by atoms with E-state index in [1.807, 2.05) is 13.0 Å². The predicted octanol–water partition coefficient (Wildman–Crippen LogP) is 4.21. The first-order valence-corrected chi connectivity index (χ1v) is 7.20. The number of rotatable bonds is 5. The van der Waals surface area contributed by atoms with Crippen molar-refractivity contribution < 1.29 is 8.78 Å². The summed E-state index contributed by atoms with van der Waals surface area (Å²) >= 11 is 3.33. The van der Waals surface area contributed by atoms with Gasteiger partial charge < -0.3 is 5.32 Å². The first-order chi connectivity index (χ1) is 9.63. The third-order valence-electron chi connectivity index (χ3n) is 2.95. The topological polar surface area (TPSA) is 24.9 Å². The van der Waals surface area contributed by atoms with Crippen LogP contribution in [0.3, 0.4) is 0 Å². The Labute approximate surface area is 125 Å². The number of hydrogen-bond acceptors (Lipinski definition) is 2. The van der Waals surface area contributed by atoms with Crippen LogP contribution >= 0.6 is 15.9 Å². The molecule has 0 bridgehead atoms. The van der Waals surface area contributed by atoms with Gasteiger partial charge in [0.05, 0.1) is 6.04 Å². The molecular formula is C15H15BrF2N2. The van der Waals surface area contributed by atoms with Crippen LogP contribution in [0.1, 0.15) is 30.5 Å². The fourth-order valence-electron chi connectivity index (χ4n) is 2.05. The van der Waals surface area contributed by atoms with Crippen LogP contribution in [0.4, 0.5) is 8.78 Å². The normalized spacial score (nSPS) is 12.4. The van der Waals surface area contributed by atoms with E-state index < -0.39 is 17.7 Å². The highest BCUT2D eigenvalue weighted by atomic mass is 79.9. The SMILES string of the molecule is CCCNC(c1cncc(Br)c1)c1c(F)cccc1F. The fraction of sp³-hybridized carbons (Fsp3) is 0.267. The lowest BCUT2D eigenvalue weighted by Crippen LogP contribution is -2.25. The number of hydrogen-bond donors (Lipinski definition) is 1. The van der Waals surface area contributed by atoms with E-state index in [-0.39, 0.29) is 5.56 Å². The largest absolute Gasteiger partial charge is 0.306 e. The Morgan fingerprint density at radius 3 is 2.55 bits per heavy atom. The quantitative estimate of drug-likeness (QED) is 0.881. The van der Waals surface area contributed by atoms with Crippen LogP contribution in [0.15, 0.2) is 41.1 Å². The maximum absolute atomic E-state index is 14.0. The molecule has 1 N–H and O–H groups in total. The van der Waals surface area contributed by atoms with E-state index in [1.54, 1.807) is 12.4 Å². The predicted molar refractivity (Wildman–Crippen MR) is 78.4 cm³/mol. The van der Waals surface area contributed by atoms with E-state index in [1.165, 1.54) is 18.2 Å². The standard InChI is InChI=1S/C15H15BrF2N2/c1-2-6-20-15(10-7-11(16)9-19-8-10)14-12(17)4-3-5-13(14)18/h3-5,7-9,15,20H,2,6H2,1H3. The van der Waals surface area contributed by atoms with E-state index in [0.717, 1.165) is 16.5 Å². The van der Waals surface area contributed by atoms with Crippen LogP contribution in [0, 0.1) is 11.6 Å². The smallest absolute Gasteiger partial charge is 0.131 e. The zero-order chi connectivity index (χ0) is 14.5. The summed E-state index contributed by atoms with van der Waals surface area (Å²) in [5.74, 6) is -1.11. The van der Waals surface area contributed by atoms with Crippen LogP contribution < -0.4 is 5.32 Å². The molecular weight excluding hydrogens is 326 g/mol. The second-order valence-electron chi connectivity index (χ2n) is 4.46. The van der Waals surface area contributed by atoms with E-state index in [0.29, 0.717) is 6.54 Å². The third-order valence-corrected chi connectivity index (χ3v) is 3.38. The van der Waals surface area contributed by atoms with Gasteiger partial charge >= 0.3 is 0 Å². The van der Waals surface area contributed by atoms with Crippen molar-refractivity contribution in [2.24, 2.45) is 0 Å². The maximum atomic E-state index is 14.0. The van der Waals surface area contributed by atoms with Crippen LogP contribution in [-0.2, 0) is 0 Å². The molecule has 0 aliphatic heterocycles. The highest BCUT2D eigenvalue weighted by Gasteiger charge is 2.21. The molecule has 5 heteroatoms. The molecule has 2 rings (SSSR count). The van der Waals surface area contributed by atoms with Crippen molar-refractivity contribution in [2.75, 3.05) is 6.54 Å². The van der Waals surface area contributed by atoms with Crippen molar-refractivity contribution in [3.8, 4) is 0 Å². The average molecular weight is 341 g/mol. The van der Waals surface area contributed by atoms with E-state index in [9.17, 15) is 8.78 Å². The molecule has 2 aromatic rings. The molecule has 0 fully saturated rings. The highest BCUT2D eigenvalue weighted by Crippen LogP contribution is 2.28. The van der Waals surface area contributed by atoms with Crippen molar-refractivity contribution in [1.29, 1.82) is 0 Å². The first kappa shape index (κ1) is 15.1. The molecule has 0 saturated carbocycles. The van der Waals surface area contributed by atoms with Gasteiger partial charge in [-0.05, 0) is 52.7 Å². The summed E-state index contributed by atoms with van der Waals surface area (Å²) in [6.45, 7) is 2.66. The van der Waals surface area contributed by atoms with Crippen molar-refractivity contribution in [2.45, 2.75) is 19.4 Å².